The van der Waals surface area contributed by atoms with Gasteiger partial charge in [-0.25, -0.2) is 4.79 Å². The average Bonchev–Trinajstić information content (AvgIpc) is 2.97. The number of aromatic nitrogens is 1. The lowest BCUT2D eigenvalue weighted by Crippen LogP contribution is -2.37. The van der Waals surface area contributed by atoms with Crippen LogP contribution in [0, 0.1) is 5.92 Å². The van der Waals surface area contributed by atoms with Gasteiger partial charge in [0.2, 0.25) is 0 Å². The molecule has 0 radical (unpaired) electrons. The molecule has 1 aromatic rings. The van der Waals surface area contributed by atoms with Gasteiger partial charge >= 0.3 is 5.97 Å². The molecule has 1 fully saturated rings. The predicted octanol–water partition coefficient (Wildman–Crippen LogP) is 2.02. The van der Waals surface area contributed by atoms with Crippen LogP contribution in [-0.4, -0.2) is 22.2 Å². The molecular weight excluding hydrogens is 216 g/mol. The maximum atomic E-state index is 11.1. The number of carbonyl (C=O) groups is 1. The first-order valence-corrected chi connectivity index (χ1v) is 6.43. The molecule has 3 rings (SSSR count). The second-order valence-electron chi connectivity index (χ2n) is 5.08. The van der Waals surface area contributed by atoms with E-state index in [1.54, 1.807) is 6.07 Å². The molecule has 1 unspecified atom stereocenters. The fourth-order valence-electron chi connectivity index (χ4n) is 3.33. The van der Waals surface area contributed by atoms with E-state index in [9.17, 15) is 4.79 Å². The summed E-state index contributed by atoms with van der Waals surface area (Å²) in [5, 5.41) is 12.7. The summed E-state index contributed by atoms with van der Waals surface area (Å²) in [6, 6.07) is 4.09. The Kier molecular flexibility index (Phi) is 2.67. The Morgan fingerprint density at radius 3 is 2.82 bits per heavy atom. The molecule has 1 aromatic heterocycles. The second-order valence-corrected chi connectivity index (χ2v) is 5.08. The molecule has 1 aliphatic heterocycles. The van der Waals surface area contributed by atoms with E-state index in [4.69, 9.17) is 5.11 Å². The Morgan fingerprint density at radius 1 is 1.35 bits per heavy atom. The van der Waals surface area contributed by atoms with Crippen LogP contribution in [0.15, 0.2) is 12.1 Å². The van der Waals surface area contributed by atoms with Crippen molar-refractivity contribution < 1.29 is 9.90 Å². The van der Waals surface area contributed by atoms with Gasteiger partial charge in [0, 0.05) is 18.8 Å². The van der Waals surface area contributed by atoms with E-state index in [-0.39, 0.29) is 0 Å². The lowest BCUT2D eigenvalue weighted by atomic mass is 9.94. The first-order valence-electron chi connectivity index (χ1n) is 6.43. The van der Waals surface area contributed by atoms with Crippen LogP contribution in [0.4, 0.5) is 0 Å². The molecule has 4 nitrogen and oxygen atoms in total. The summed E-state index contributed by atoms with van der Waals surface area (Å²) in [4.78, 5) is 11.1. The minimum absolute atomic E-state index is 0.361. The van der Waals surface area contributed by atoms with Gasteiger partial charge in [-0.2, -0.15) is 0 Å². The molecule has 1 saturated carbocycles. The van der Waals surface area contributed by atoms with Gasteiger partial charge in [0.05, 0.1) is 6.04 Å². The molecule has 4 heteroatoms. The zero-order valence-electron chi connectivity index (χ0n) is 9.85. The lowest BCUT2D eigenvalue weighted by Gasteiger charge is -2.31. The molecule has 1 atom stereocenters. The standard InChI is InChI=1S/C13H18N2O2/c16-13(17)11-6-5-10-12(9-3-1-2-4-9)14-7-8-15(10)11/h5-6,9,12,14H,1-4,7-8H2,(H,16,17). The van der Waals surface area contributed by atoms with E-state index >= 15 is 0 Å². The fraction of sp³-hybridized carbons (Fsp3) is 0.615. The quantitative estimate of drug-likeness (QED) is 0.823. The van der Waals surface area contributed by atoms with E-state index < -0.39 is 5.97 Å². The number of nitrogens with one attached hydrogen (secondary N) is 1. The van der Waals surface area contributed by atoms with Crippen molar-refractivity contribution in [3.05, 3.63) is 23.5 Å². The van der Waals surface area contributed by atoms with Gasteiger partial charge in [-0.3, -0.25) is 0 Å². The SMILES string of the molecule is O=C(O)c1ccc2n1CCNC2C1CCCC1. The average molecular weight is 234 g/mol. The van der Waals surface area contributed by atoms with Crippen molar-refractivity contribution in [1.82, 2.24) is 9.88 Å². The summed E-state index contributed by atoms with van der Waals surface area (Å²) in [5.41, 5.74) is 1.60. The van der Waals surface area contributed by atoms with Crippen LogP contribution in [0.3, 0.4) is 0 Å². The van der Waals surface area contributed by atoms with Crippen molar-refractivity contribution in [2.24, 2.45) is 5.92 Å². The van der Waals surface area contributed by atoms with Gasteiger partial charge in [-0.15, -0.1) is 0 Å². The van der Waals surface area contributed by atoms with Crippen LogP contribution >= 0.6 is 0 Å². The lowest BCUT2D eigenvalue weighted by molar-refractivity contribution is 0.0683. The number of aromatic carboxylic acids is 1. The Bertz CT molecular complexity index is 433. The largest absolute Gasteiger partial charge is 0.477 e. The highest BCUT2D eigenvalue weighted by Crippen LogP contribution is 2.37. The van der Waals surface area contributed by atoms with Crippen molar-refractivity contribution in [2.45, 2.75) is 38.3 Å². The van der Waals surface area contributed by atoms with Crippen LogP contribution < -0.4 is 5.32 Å². The smallest absolute Gasteiger partial charge is 0.352 e. The molecule has 0 saturated heterocycles. The van der Waals surface area contributed by atoms with Crippen LogP contribution in [0.1, 0.15) is 47.9 Å². The predicted molar refractivity (Wildman–Crippen MR) is 64.1 cm³/mol. The molecule has 1 aliphatic carbocycles. The maximum absolute atomic E-state index is 11.1. The molecule has 17 heavy (non-hydrogen) atoms. The molecule has 0 aromatic carbocycles. The van der Waals surface area contributed by atoms with Crippen molar-refractivity contribution in [3.63, 3.8) is 0 Å². The molecule has 2 N–H and O–H groups in total. The molecule has 2 aliphatic rings. The van der Waals surface area contributed by atoms with Crippen molar-refractivity contribution in [1.29, 1.82) is 0 Å². The Labute approximate surface area is 101 Å². The van der Waals surface area contributed by atoms with Crippen molar-refractivity contribution in [3.8, 4) is 0 Å². The van der Waals surface area contributed by atoms with Crippen LogP contribution in [0.25, 0.3) is 0 Å². The highest BCUT2D eigenvalue weighted by molar-refractivity contribution is 5.86. The molecule has 0 amide bonds. The summed E-state index contributed by atoms with van der Waals surface area (Å²) < 4.78 is 1.97. The van der Waals surface area contributed by atoms with Gasteiger partial charge in [0.15, 0.2) is 0 Å². The summed E-state index contributed by atoms with van der Waals surface area (Å²) in [7, 11) is 0. The highest BCUT2D eigenvalue weighted by Gasteiger charge is 2.31. The zero-order chi connectivity index (χ0) is 11.8. The Balaban J connectivity index is 1.94. The number of fused-ring (bicyclic) bond motifs is 1. The minimum Gasteiger partial charge on any atom is -0.477 e. The van der Waals surface area contributed by atoms with Crippen LogP contribution in [0.2, 0.25) is 0 Å². The van der Waals surface area contributed by atoms with E-state index in [2.05, 4.69) is 5.32 Å². The number of hydrogen-bond acceptors (Lipinski definition) is 2. The third kappa shape index (κ3) is 1.76. The minimum atomic E-state index is -0.816. The molecule has 0 spiro atoms. The zero-order valence-corrected chi connectivity index (χ0v) is 9.85. The Hall–Kier alpha value is -1.29. The normalized spacial score (nSPS) is 24.8. The second kappa shape index (κ2) is 4.18. The molecule has 0 bridgehead atoms. The van der Waals surface area contributed by atoms with E-state index in [1.807, 2.05) is 10.6 Å². The summed E-state index contributed by atoms with van der Waals surface area (Å²) in [6.45, 7) is 1.65. The van der Waals surface area contributed by atoms with Crippen molar-refractivity contribution in [2.75, 3.05) is 6.54 Å². The van der Waals surface area contributed by atoms with E-state index in [0.717, 1.165) is 13.1 Å². The molecule has 92 valence electrons. The van der Waals surface area contributed by atoms with Gasteiger partial charge in [-0.05, 0) is 30.9 Å². The summed E-state index contributed by atoms with van der Waals surface area (Å²) in [5.74, 6) is -0.131. The number of nitrogens with zero attached hydrogens (tertiary/aromatic N) is 1. The third-order valence-electron chi connectivity index (χ3n) is 4.12. The number of carboxylic acids is 1. The van der Waals surface area contributed by atoms with Gasteiger partial charge < -0.3 is 15.0 Å². The first-order chi connectivity index (χ1) is 8.27. The summed E-state index contributed by atoms with van der Waals surface area (Å²) in [6.07, 6.45) is 5.17. The fourth-order valence-corrected chi connectivity index (χ4v) is 3.33. The molecular formula is C13H18N2O2. The van der Waals surface area contributed by atoms with Gasteiger partial charge in [-0.1, -0.05) is 12.8 Å². The number of hydrogen-bond donors (Lipinski definition) is 2. The highest BCUT2D eigenvalue weighted by atomic mass is 16.4. The van der Waals surface area contributed by atoms with Gasteiger partial charge in [0.25, 0.3) is 0 Å². The first kappa shape index (κ1) is 10.8. The van der Waals surface area contributed by atoms with E-state index in [1.165, 1.54) is 31.4 Å². The van der Waals surface area contributed by atoms with E-state index in [0.29, 0.717) is 17.7 Å². The van der Waals surface area contributed by atoms with Crippen LogP contribution in [-0.2, 0) is 6.54 Å². The summed E-state index contributed by atoms with van der Waals surface area (Å²) >= 11 is 0. The van der Waals surface area contributed by atoms with Gasteiger partial charge in [0.1, 0.15) is 5.69 Å². The number of carboxylic acid groups (broad SMARTS) is 1. The monoisotopic (exact) mass is 234 g/mol. The topological polar surface area (TPSA) is 54.3 Å². The molecule has 2 heterocycles. The third-order valence-corrected chi connectivity index (χ3v) is 4.12. The van der Waals surface area contributed by atoms with Crippen molar-refractivity contribution >= 4 is 5.97 Å². The maximum Gasteiger partial charge on any atom is 0.352 e. The number of rotatable bonds is 2. The van der Waals surface area contributed by atoms with Crippen LogP contribution in [0.5, 0.6) is 0 Å². The Morgan fingerprint density at radius 2 is 2.12 bits per heavy atom.